The number of aliphatic hydroxyl groups is 10. The summed E-state index contributed by atoms with van der Waals surface area (Å²) in [5.41, 5.74) is 0. The van der Waals surface area contributed by atoms with Crippen molar-refractivity contribution in [3.8, 4) is 0 Å². The lowest BCUT2D eigenvalue weighted by Gasteiger charge is -2.44. The third kappa shape index (κ3) is 5.37. The number of hydrogen-bond donors (Lipinski definition) is 10. The monoisotopic (exact) mass is 614 g/mol. The van der Waals surface area contributed by atoms with Crippen LogP contribution in [0.25, 0.3) is 0 Å². The average Bonchev–Trinajstić information content (AvgIpc) is 3.08. The van der Waals surface area contributed by atoms with Gasteiger partial charge < -0.3 is 74.7 Å². The van der Waals surface area contributed by atoms with E-state index >= 15 is 0 Å². The molecule has 200 valence electrons. The second kappa shape index (κ2) is 11.7. The van der Waals surface area contributed by atoms with E-state index in [1.54, 1.807) is 0 Å². The summed E-state index contributed by atoms with van der Waals surface area (Å²) in [6, 6.07) is 0. The summed E-state index contributed by atoms with van der Waals surface area (Å²) in [6.07, 6.45) is -20.6. The SMILES string of the molecule is OC[C@H]1O[C@H](OC[C@H]2O[C@H](O[C@]3(CO)O[C@H](CI)[C@@H](O)[C@@H]3O)[C@H](O)[C@@H](O)[C@@H]2O)[C@H](O)[C@@H](O)[C@H]1O. The van der Waals surface area contributed by atoms with Gasteiger partial charge in [-0.2, -0.15) is 0 Å². The molecule has 0 amide bonds. The number of alkyl halides is 1. The van der Waals surface area contributed by atoms with Gasteiger partial charge in [0.05, 0.1) is 19.3 Å². The van der Waals surface area contributed by atoms with Crippen molar-refractivity contribution < 1.29 is 74.7 Å². The van der Waals surface area contributed by atoms with Gasteiger partial charge in [0.25, 0.3) is 0 Å². The van der Waals surface area contributed by atoms with E-state index in [0.717, 1.165) is 0 Å². The molecule has 0 radical (unpaired) electrons. The molecule has 34 heavy (non-hydrogen) atoms. The number of hydrogen-bond acceptors (Lipinski definition) is 15. The highest BCUT2D eigenvalue weighted by molar-refractivity contribution is 14.1. The van der Waals surface area contributed by atoms with E-state index in [0.29, 0.717) is 0 Å². The first-order valence-corrected chi connectivity index (χ1v) is 12.0. The predicted octanol–water partition coefficient (Wildman–Crippen LogP) is -6.13. The Morgan fingerprint density at radius 3 is 1.76 bits per heavy atom. The highest BCUT2D eigenvalue weighted by Crippen LogP contribution is 2.36. The van der Waals surface area contributed by atoms with E-state index < -0.39 is 105 Å². The Morgan fingerprint density at radius 2 is 1.24 bits per heavy atom. The van der Waals surface area contributed by atoms with Crippen molar-refractivity contribution in [1.82, 2.24) is 0 Å². The lowest BCUT2D eigenvalue weighted by molar-refractivity contribution is -0.387. The van der Waals surface area contributed by atoms with Crippen molar-refractivity contribution in [2.75, 3.05) is 24.2 Å². The first-order valence-electron chi connectivity index (χ1n) is 10.5. The molecule has 0 aromatic carbocycles. The van der Waals surface area contributed by atoms with Gasteiger partial charge in [0.2, 0.25) is 5.79 Å². The summed E-state index contributed by atoms with van der Waals surface area (Å²) in [4.78, 5) is 0. The molecule has 0 spiro atoms. The van der Waals surface area contributed by atoms with Crippen molar-refractivity contribution in [2.45, 2.75) is 85.5 Å². The first-order chi connectivity index (χ1) is 16.0. The largest absolute Gasteiger partial charge is 0.394 e. The minimum absolute atomic E-state index is 0.228. The maximum absolute atomic E-state index is 10.4. The molecular weight excluding hydrogens is 583 g/mol. The zero-order chi connectivity index (χ0) is 25.4. The molecule has 0 aliphatic carbocycles. The van der Waals surface area contributed by atoms with E-state index in [4.69, 9.17) is 23.7 Å². The third-order valence-electron chi connectivity index (χ3n) is 6.14. The molecule has 14 atom stereocenters. The van der Waals surface area contributed by atoms with Crippen LogP contribution in [0.5, 0.6) is 0 Å². The quantitative estimate of drug-likeness (QED) is 0.0903. The summed E-state index contributed by atoms with van der Waals surface area (Å²) in [6.45, 7) is -2.23. The zero-order valence-electron chi connectivity index (χ0n) is 17.7. The van der Waals surface area contributed by atoms with Gasteiger partial charge in [0.1, 0.15) is 67.6 Å². The summed E-state index contributed by atoms with van der Waals surface area (Å²) >= 11 is 1.89. The summed E-state index contributed by atoms with van der Waals surface area (Å²) in [7, 11) is 0. The van der Waals surface area contributed by atoms with Crippen LogP contribution in [0.4, 0.5) is 0 Å². The highest BCUT2D eigenvalue weighted by Gasteiger charge is 2.58. The van der Waals surface area contributed by atoms with Crippen LogP contribution in [0.3, 0.4) is 0 Å². The van der Waals surface area contributed by atoms with Crippen LogP contribution >= 0.6 is 22.6 Å². The molecule has 3 saturated heterocycles. The Labute approximate surface area is 207 Å². The summed E-state index contributed by atoms with van der Waals surface area (Å²) in [5, 5.41) is 100. The molecule has 3 heterocycles. The van der Waals surface area contributed by atoms with E-state index in [1.165, 1.54) is 0 Å². The molecule has 0 aromatic rings. The normalized spacial score (nSPS) is 52.1. The molecule has 0 aromatic heterocycles. The molecule has 0 saturated carbocycles. The van der Waals surface area contributed by atoms with Gasteiger partial charge in [-0.05, 0) is 0 Å². The third-order valence-corrected chi connectivity index (χ3v) is 7.00. The maximum atomic E-state index is 10.4. The molecule has 3 aliphatic rings. The number of aliphatic hydroxyl groups excluding tert-OH is 10. The van der Waals surface area contributed by atoms with E-state index in [2.05, 4.69) is 0 Å². The molecular formula is C18H31IO15. The second-order valence-corrected chi connectivity index (χ2v) is 9.26. The molecule has 3 rings (SSSR count). The second-order valence-electron chi connectivity index (χ2n) is 8.38. The molecule has 3 aliphatic heterocycles. The molecule has 10 N–H and O–H groups in total. The Morgan fingerprint density at radius 1 is 0.676 bits per heavy atom. The van der Waals surface area contributed by atoms with Gasteiger partial charge in [-0.15, -0.1) is 0 Å². The number of ether oxygens (including phenoxy) is 5. The molecule has 3 fully saturated rings. The van der Waals surface area contributed by atoms with Crippen LogP contribution in [-0.4, -0.2) is 161 Å². The van der Waals surface area contributed by atoms with Crippen LogP contribution in [0, 0.1) is 0 Å². The van der Waals surface area contributed by atoms with Gasteiger partial charge in [-0.3, -0.25) is 0 Å². The van der Waals surface area contributed by atoms with Crippen molar-refractivity contribution in [2.24, 2.45) is 0 Å². The molecule has 0 bridgehead atoms. The lowest BCUT2D eigenvalue weighted by atomic mass is 9.98. The standard InChI is InChI=1S/C18H31IO15/c19-1-5-10(24)15(29)18(4-21,33-5)34-17-14(28)12(26)9(23)7(32-17)3-30-16-13(27)11(25)8(22)6(2-20)31-16/h5-17,20-29H,1-4H2/t5-,6-,7-,8+,9-,10-,11+,12+,13-,14-,15+,16+,17-,18+/m1/s1. The van der Waals surface area contributed by atoms with Crippen molar-refractivity contribution in [3.63, 3.8) is 0 Å². The van der Waals surface area contributed by atoms with Crippen LogP contribution in [0.2, 0.25) is 0 Å². The average molecular weight is 614 g/mol. The molecule has 0 unspecified atom stereocenters. The van der Waals surface area contributed by atoms with Crippen LogP contribution in [0.15, 0.2) is 0 Å². The fourth-order valence-corrected chi connectivity index (χ4v) is 4.69. The van der Waals surface area contributed by atoms with Gasteiger partial charge >= 0.3 is 0 Å². The minimum Gasteiger partial charge on any atom is -0.394 e. The maximum Gasteiger partial charge on any atom is 0.223 e. The van der Waals surface area contributed by atoms with Crippen molar-refractivity contribution in [1.29, 1.82) is 0 Å². The fraction of sp³-hybridized carbons (Fsp3) is 1.00. The van der Waals surface area contributed by atoms with Crippen molar-refractivity contribution >= 4 is 22.6 Å². The van der Waals surface area contributed by atoms with Gasteiger partial charge in [-0.1, -0.05) is 22.6 Å². The Balaban J connectivity index is 1.69. The van der Waals surface area contributed by atoms with Crippen LogP contribution in [0.1, 0.15) is 0 Å². The Kier molecular flexibility index (Phi) is 9.85. The number of halogens is 1. The Hall–Kier alpha value is 0.130. The molecule has 16 heteroatoms. The zero-order valence-corrected chi connectivity index (χ0v) is 19.9. The minimum atomic E-state index is -2.20. The van der Waals surface area contributed by atoms with E-state index in [-0.39, 0.29) is 4.43 Å². The van der Waals surface area contributed by atoms with E-state index in [9.17, 15) is 51.1 Å². The molecule has 15 nitrogen and oxygen atoms in total. The fourth-order valence-electron chi connectivity index (χ4n) is 3.99. The van der Waals surface area contributed by atoms with Crippen LogP contribution < -0.4 is 0 Å². The summed E-state index contributed by atoms with van der Waals surface area (Å²) < 4.78 is 27.1. The van der Waals surface area contributed by atoms with Gasteiger partial charge in [-0.25, -0.2) is 0 Å². The number of rotatable bonds is 8. The van der Waals surface area contributed by atoms with Crippen LogP contribution in [-0.2, 0) is 23.7 Å². The van der Waals surface area contributed by atoms with Gasteiger partial charge in [0, 0.05) is 4.43 Å². The van der Waals surface area contributed by atoms with E-state index in [1.807, 2.05) is 22.6 Å². The van der Waals surface area contributed by atoms with Crippen molar-refractivity contribution in [3.05, 3.63) is 0 Å². The smallest absolute Gasteiger partial charge is 0.223 e. The lowest BCUT2D eigenvalue weighted by Crippen LogP contribution is -2.63. The Bertz CT molecular complexity index is 659. The topological polar surface area (TPSA) is 248 Å². The first kappa shape index (κ1) is 28.7. The van der Waals surface area contributed by atoms with Gasteiger partial charge in [0.15, 0.2) is 12.6 Å². The predicted molar refractivity (Wildman–Crippen MR) is 113 cm³/mol. The highest BCUT2D eigenvalue weighted by atomic mass is 127. The summed E-state index contributed by atoms with van der Waals surface area (Å²) in [5.74, 6) is -2.20.